The number of terminal acetylenes is 1. The molecule has 3 heterocycles. The van der Waals surface area contributed by atoms with Crippen LogP contribution in [0.4, 0.5) is 5.82 Å². The molecule has 1 aromatic heterocycles. The van der Waals surface area contributed by atoms with Crippen LogP contribution in [0, 0.1) is 17.8 Å². The van der Waals surface area contributed by atoms with E-state index < -0.39 is 0 Å². The van der Waals surface area contributed by atoms with Gasteiger partial charge in [0, 0.05) is 47.1 Å². The molecule has 2 aromatic carbocycles. The highest BCUT2D eigenvalue weighted by atomic mass is 16.5. The minimum absolute atomic E-state index is 0.293. The van der Waals surface area contributed by atoms with Gasteiger partial charge in [-0.25, -0.2) is 9.97 Å². The summed E-state index contributed by atoms with van der Waals surface area (Å²) in [7, 11) is 1.62. The molecule has 0 bridgehead atoms. The van der Waals surface area contributed by atoms with E-state index in [-0.39, 0.29) is 0 Å². The lowest BCUT2D eigenvalue weighted by atomic mass is 9.77. The van der Waals surface area contributed by atoms with Gasteiger partial charge in [0.2, 0.25) is 0 Å². The number of ether oxygens (including phenoxy) is 3. The molecule has 1 spiro atoms. The molecule has 1 atom stereocenters. The second-order valence-electron chi connectivity index (χ2n) is 8.74. The SMILES string of the molecule is C#Cc1cccc(-c2nc(N)c3cc(OCC(C)N4CC5(COC5)C4)c(OC)cc3n2)c1. The van der Waals surface area contributed by atoms with Crippen LogP contribution in [0.5, 0.6) is 11.5 Å². The van der Waals surface area contributed by atoms with Crippen molar-refractivity contribution in [1.82, 2.24) is 14.9 Å². The Balaban J connectivity index is 1.38. The molecule has 2 aliphatic rings. The molecule has 0 amide bonds. The number of methoxy groups -OCH3 is 1. The van der Waals surface area contributed by atoms with Gasteiger partial charge in [-0.05, 0) is 25.1 Å². The summed E-state index contributed by atoms with van der Waals surface area (Å²) in [4.78, 5) is 11.6. The van der Waals surface area contributed by atoms with Crippen molar-refractivity contribution in [2.45, 2.75) is 13.0 Å². The summed E-state index contributed by atoms with van der Waals surface area (Å²) in [5, 5.41) is 0.722. The molecule has 1 unspecified atom stereocenters. The summed E-state index contributed by atoms with van der Waals surface area (Å²) >= 11 is 0. The molecule has 7 heteroatoms. The van der Waals surface area contributed by atoms with Crippen LogP contribution in [-0.2, 0) is 4.74 Å². The number of nitrogens with two attached hydrogens (primary N) is 1. The molecule has 164 valence electrons. The molecule has 5 rings (SSSR count). The largest absolute Gasteiger partial charge is 0.493 e. The molecule has 2 fully saturated rings. The van der Waals surface area contributed by atoms with Crippen molar-refractivity contribution in [1.29, 1.82) is 0 Å². The second kappa shape index (κ2) is 7.97. The molecule has 2 aliphatic heterocycles. The second-order valence-corrected chi connectivity index (χ2v) is 8.74. The Morgan fingerprint density at radius 3 is 2.72 bits per heavy atom. The minimum atomic E-state index is 0.293. The first-order valence-corrected chi connectivity index (χ1v) is 10.7. The lowest BCUT2D eigenvalue weighted by molar-refractivity contribution is -0.198. The number of rotatable bonds is 6. The first-order chi connectivity index (χ1) is 15.5. The summed E-state index contributed by atoms with van der Waals surface area (Å²) in [6, 6.07) is 11.5. The van der Waals surface area contributed by atoms with Gasteiger partial charge in [-0.1, -0.05) is 18.1 Å². The van der Waals surface area contributed by atoms with E-state index in [1.807, 2.05) is 36.4 Å². The van der Waals surface area contributed by atoms with Gasteiger partial charge in [0.1, 0.15) is 12.4 Å². The lowest BCUT2D eigenvalue weighted by Gasteiger charge is -2.56. The third-order valence-corrected chi connectivity index (χ3v) is 6.29. The summed E-state index contributed by atoms with van der Waals surface area (Å²) in [5.74, 6) is 4.77. The van der Waals surface area contributed by atoms with Gasteiger partial charge in [-0.3, -0.25) is 4.90 Å². The van der Waals surface area contributed by atoms with Gasteiger partial charge in [0.15, 0.2) is 17.3 Å². The Kier molecular flexibility index (Phi) is 5.12. The van der Waals surface area contributed by atoms with Gasteiger partial charge in [0.05, 0.1) is 25.8 Å². The van der Waals surface area contributed by atoms with E-state index in [4.69, 9.17) is 31.4 Å². The quantitative estimate of drug-likeness (QED) is 0.602. The van der Waals surface area contributed by atoms with Gasteiger partial charge in [-0.15, -0.1) is 6.42 Å². The smallest absolute Gasteiger partial charge is 0.162 e. The molecule has 0 radical (unpaired) electrons. The third-order valence-electron chi connectivity index (χ3n) is 6.29. The van der Waals surface area contributed by atoms with E-state index in [9.17, 15) is 0 Å². The van der Waals surface area contributed by atoms with E-state index in [0.717, 1.165) is 42.8 Å². The van der Waals surface area contributed by atoms with Crippen LogP contribution >= 0.6 is 0 Å². The first-order valence-electron chi connectivity index (χ1n) is 10.7. The van der Waals surface area contributed by atoms with Gasteiger partial charge in [0.25, 0.3) is 0 Å². The van der Waals surface area contributed by atoms with Gasteiger partial charge >= 0.3 is 0 Å². The molecule has 7 nitrogen and oxygen atoms in total. The van der Waals surface area contributed by atoms with Crippen molar-refractivity contribution in [2.24, 2.45) is 5.41 Å². The average Bonchev–Trinajstić information content (AvgIpc) is 2.75. The van der Waals surface area contributed by atoms with Crippen LogP contribution < -0.4 is 15.2 Å². The van der Waals surface area contributed by atoms with E-state index in [0.29, 0.717) is 46.7 Å². The number of anilines is 1. The molecule has 0 aliphatic carbocycles. The number of nitrogens with zero attached hydrogens (tertiary/aromatic N) is 3. The molecular formula is C25H26N4O3. The van der Waals surface area contributed by atoms with Crippen molar-refractivity contribution in [3.8, 4) is 35.2 Å². The molecule has 2 N–H and O–H groups in total. The van der Waals surface area contributed by atoms with Crippen molar-refractivity contribution < 1.29 is 14.2 Å². The van der Waals surface area contributed by atoms with Crippen LogP contribution in [0.3, 0.4) is 0 Å². The van der Waals surface area contributed by atoms with Crippen molar-refractivity contribution in [2.75, 3.05) is 45.8 Å². The van der Waals surface area contributed by atoms with E-state index in [2.05, 4.69) is 22.7 Å². The standard InChI is InChI=1S/C25H26N4O3/c1-4-17-6-5-7-18(8-17)24-27-20-10-21(30-3)22(9-19(20)23(26)28-24)32-11-16(2)29-12-25(13-29)14-31-15-25/h1,5-10,16H,11-15H2,2-3H3,(H2,26,27,28). The van der Waals surface area contributed by atoms with Crippen LogP contribution in [0.1, 0.15) is 12.5 Å². The highest BCUT2D eigenvalue weighted by Gasteiger charge is 2.50. The van der Waals surface area contributed by atoms with E-state index in [1.54, 1.807) is 7.11 Å². The molecule has 32 heavy (non-hydrogen) atoms. The van der Waals surface area contributed by atoms with E-state index >= 15 is 0 Å². The monoisotopic (exact) mass is 430 g/mol. The van der Waals surface area contributed by atoms with Crippen molar-refractivity contribution in [3.63, 3.8) is 0 Å². The normalized spacial score (nSPS) is 17.9. The molecule has 0 saturated carbocycles. The highest BCUT2D eigenvalue weighted by Crippen LogP contribution is 2.39. The van der Waals surface area contributed by atoms with Crippen LogP contribution in [0.25, 0.3) is 22.3 Å². The summed E-state index contributed by atoms with van der Waals surface area (Å²) in [6.07, 6.45) is 5.52. The Hall–Kier alpha value is -3.34. The summed E-state index contributed by atoms with van der Waals surface area (Å²) in [5.41, 5.74) is 8.95. The summed E-state index contributed by atoms with van der Waals surface area (Å²) < 4.78 is 17.1. The predicted molar refractivity (Wildman–Crippen MR) is 124 cm³/mol. The number of nitrogen functional groups attached to an aromatic ring is 1. The zero-order valence-electron chi connectivity index (χ0n) is 18.3. The van der Waals surface area contributed by atoms with Crippen LogP contribution in [0.15, 0.2) is 36.4 Å². The fraction of sp³-hybridized carbons (Fsp3) is 0.360. The van der Waals surface area contributed by atoms with Crippen molar-refractivity contribution >= 4 is 16.7 Å². The van der Waals surface area contributed by atoms with Crippen molar-refractivity contribution in [3.05, 3.63) is 42.0 Å². The Morgan fingerprint density at radius 1 is 1.22 bits per heavy atom. The maximum Gasteiger partial charge on any atom is 0.162 e. The minimum Gasteiger partial charge on any atom is -0.493 e. The number of likely N-dealkylation sites (tertiary alicyclic amines) is 1. The Morgan fingerprint density at radius 2 is 2.03 bits per heavy atom. The number of hydrogen-bond donors (Lipinski definition) is 1. The lowest BCUT2D eigenvalue weighted by Crippen LogP contribution is -2.68. The Labute approximate surface area is 187 Å². The van der Waals surface area contributed by atoms with E-state index in [1.165, 1.54) is 0 Å². The zero-order chi connectivity index (χ0) is 22.3. The average molecular weight is 431 g/mol. The maximum atomic E-state index is 6.30. The number of aromatic nitrogens is 2. The Bertz CT molecular complexity index is 1210. The number of fused-ring (bicyclic) bond motifs is 1. The fourth-order valence-electron chi connectivity index (χ4n) is 4.33. The summed E-state index contributed by atoms with van der Waals surface area (Å²) in [6.45, 7) is 6.62. The van der Waals surface area contributed by atoms with Gasteiger partial charge < -0.3 is 19.9 Å². The van der Waals surface area contributed by atoms with Gasteiger partial charge in [-0.2, -0.15) is 0 Å². The fourth-order valence-corrected chi connectivity index (χ4v) is 4.33. The zero-order valence-corrected chi connectivity index (χ0v) is 18.3. The topological polar surface area (TPSA) is 82.7 Å². The third kappa shape index (κ3) is 3.62. The molecule has 2 saturated heterocycles. The number of hydrogen-bond acceptors (Lipinski definition) is 7. The molecular weight excluding hydrogens is 404 g/mol. The highest BCUT2D eigenvalue weighted by molar-refractivity contribution is 5.92. The van der Waals surface area contributed by atoms with Crippen LogP contribution in [0.2, 0.25) is 0 Å². The molecule has 3 aromatic rings. The number of benzene rings is 2. The maximum absolute atomic E-state index is 6.30. The first kappa shape index (κ1) is 20.6. The van der Waals surface area contributed by atoms with Crippen LogP contribution in [-0.4, -0.2) is 60.9 Å². The predicted octanol–water partition coefficient (Wildman–Crippen LogP) is 2.97.